The molecule has 1 aromatic rings. The second-order valence-electron chi connectivity index (χ2n) is 4.83. The molecule has 0 saturated carbocycles. The van der Waals surface area contributed by atoms with Crippen molar-refractivity contribution in [1.82, 2.24) is 5.32 Å². The average Bonchev–Trinajstić information content (AvgIpc) is 2.41. The predicted molar refractivity (Wildman–Crippen MR) is 81.3 cm³/mol. The lowest BCUT2D eigenvalue weighted by molar-refractivity contribution is -0.138. The van der Waals surface area contributed by atoms with Gasteiger partial charge in [0.15, 0.2) is 0 Å². The highest BCUT2D eigenvalue weighted by molar-refractivity contribution is 9.10. The third-order valence-corrected chi connectivity index (χ3v) is 3.45. The second kappa shape index (κ2) is 9.43. The standard InChI is InChI=1S/C15H21BrF3NO/c1-2-9-20-11-14(12-4-6-13(16)7-5-12)21-10-3-8-15(17,18)19/h4-7,14,20H,2-3,8-11H2,1H3. The van der Waals surface area contributed by atoms with Crippen molar-refractivity contribution in [2.45, 2.75) is 38.5 Å². The predicted octanol–water partition coefficient (Wildman–Crippen LogP) is 4.85. The lowest BCUT2D eigenvalue weighted by Gasteiger charge is -2.19. The average molecular weight is 368 g/mol. The van der Waals surface area contributed by atoms with E-state index in [1.807, 2.05) is 24.3 Å². The highest BCUT2D eigenvalue weighted by Gasteiger charge is 2.26. The zero-order chi connectivity index (χ0) is 15.7. The molecule has 0 radical (unpaired) electrons. The molecule has 2 nitrogen and oxygen atoms in total. The number of hydrogen-bond donors (Lipinski definition) is 1. The maximum Gasteiger partial charge on any atom is 0.389 e. The molecule has 0 amide bonds. The van der Waals surface area contributed by atoms with Crippen LogP contribution in [0.25, 0.3) is 0 Å². The molecule has 0 aliphatic heterocycles. The van der Waals surface area contributed by atoms with Gasteiger partial charge in [-0.25, -0.2) is 0 Å². The van der Waals surface area contributed by atoms with Gasteiger partial charge in [0.1, 0.15) is 0 Å². The Kier molecular flexibility index (Phi) is 8.29. The Balaban J connectivity index is 2.50. The summed E-state index contributed by atoms with van der Waals surface area (Å²) in [6, 6.07) is 7.65. The maximum absolute atomic E-state index is 12.1. The van der Waals surface area contributed by atoms with Crippen LogP contribution in [0.2, 0.25) is 0 Å². The van der Waals surface area contributed by atoms with Crippen molar-refractivity contribution in [3.05, 3.63) is 34.3 Å². The van der Waals surface area contributed by atoms with E-state index in [1.165, 1.54) is 0 Å². The van der Waals surface area contributed by atoms with E-state index < -0.39 is 12.6 Å². The van der Waals surface area contributed by atoms with Crippen LogP contribution in [0.4, 0.5) is 13.2 Å². The number of alkyl halides is 3. The molecule has 0 heterocycles. The number of nitrogens with one attached hydrogen (secondary N) is 1. The second-order valence-corrected chi connectivity index (χ2v) is 5.75. The summed E-state index contributed by atoms with van der Waals surface area (Å²) < 4.78 is 43.0. The van der Waals surface area contributed by atoms with E-state index in [-0.39, 0.29) is 19.1 Å². The molecule has 0 bridgehead atoms. The van der Waals surface area contributed by atoms with E-state index in [2.05, 4.69) is 28.2 Å². The summed E-state index contributed by atoms with van der Waals surface area (Å²) in [6.07, 6.45) is -4.15. The van der Waals surface area contributed by atoms with Crippen molar-refractivity contribution in [3.8, 4) is 0 Å². The Morgan fingerprint density at radius 3 is 2.48 bits per heavy atom. The van der Waals surface area contributed by atoms with Gasteiger partial charge < -0.3 is 10.1 Å². The summed E-state index contributed by atoms with van der Waals surface area (Å²) in [6.45, 7) is 3.63. The zero-order valence-corrected chi connectivity index (χ0v) is 13.6. The SMILES string of the molecule is CCCNCC(OCCCC(F)(F)F)c1ccc(Br)cc1. The molecule has 21 heavy (non-hydrogen) atoms. The third-order valence-electron chi connectivity index (χ3n) is 2.92. The lowest BCUT2D eigenvalue weighted by atomic mass is 10.1. The van der Waals surface area contributed by atoms with Gasteiger partial charge in [-0.15, -0.1) is 0 Å². The van der Waals surface area contributed by atoms with E-state index in [4.69, 9.17) is 4.74 Å². The van der Waals surface area contributed by atoms with Gasteiger partial charge in [0.2, 0.25) is 0 Å². The molecule has 0 saturated heterocycles. The first-order chi connectivity index (χ1) is 9.92. The van der Waals surface area contributed by atoms with Crippen molar-refractivity contribution in [3.63, 3.8) is 0 Å². The minimum absolute atomic E-state index is 0.00962. The maximum atomic E-state index is 12.1. The van der Waals surface area contributed by atoms with E-state index in [0.29, 0.717) is 6.54 Å². The number of halogens is 4. The molecule has 1 aromatic carbocycles. The molecule has 6 heteroatoms. The molecule has 1 rings (SSSR count). The monoisotopic (exact) mass is 367 g/mol. The molecule has 0 spiro atoms. The summed E-state index contributed by atoms with van der Waals surface area (Å²) in [7, 11) is 0. The van der Waals surface area contributed by atoms with Gasteiger partial charge >= 0.3 is 6.18 Å². The van der Waals surface area contributed by atoms with Gasteiger partial charge in [-0.3, -0.25) is 0 Å². The fourth-order valence-corrected chi connectivity index (χ4v) is 2.12. The largest absolute Gasteiger partial charge is 0.389 e. The van der Waals surface area contributed by atoms with E-state index >= 15 is 0 Å². The van der Waals surface area contributed by atoms with E-state index in [0.717, 1.165) is 23.0 Å². The molecular formula is C15H21BrF3NO. The summed E-state index contributed by atoms with van der Waals surface area (Å²) >= 11 is 3.36. The zero-order valence-electron chi connectivity index (χ0n) is 12.0. The Bertz CT molecular complexity index is 395. The van der Waals surface area contributed by atoms with Crippen LogP contribution in [-0.2, 0) is 4.74 Å². The Labute approximate surface area is 132 Å². The minimum atomic E-state index is -4.11. The topological polar surface area (TPSA) is 21.3 Å². The Morgan fingerprint density at radius 1 is 1.24 bits per heavy atom. The van der Waals surface area contributed by atoms with Crippen molar-refractivity contribution in [2.24, 2.45) is 0 Å². The normalized spacial score (nSPS) is 13.4. The summed E-state index contributed by atoms with van der Waals surface area (Å²) in [5.41, 5.74) is 0.966. The van der Waals surface area contributed by atoms with Crippen molar-refractivity contribution in [2.75, 3.05) is 19.7 Å². The summed E-state index contributed by atoms with van der Waals surface area (Å²) in [4.78, 5) is 0. The van der Waals surface area contributed by atoms with Crippen LogP contribution >= 0.6 is 15.9 Å². The molecule has 1 atom stereocenters. The number of rotatable bonds is 9. The highest BCUT2D eigenvalue weighted by atomic mass is 79.9. The summed E-state index contributed by atoms with van der Waals surface area (Å²) in [5.74, 6) is 0. The summed E-state index contributed by atoms with van der Waals surface area (Å²) in [5, 5.41) is 3.25. The first-order valence-electron chi connectivity index (χ1n) is 7.07. The quantitative estimate of drug-likeness (QED) is 0.630. The van der Waals surface area contributed by atoms with Gasteiger partial charge in [0.05, 0.1) is 6.10 Å². The molecule has 0 aliphatic carbocycles. The Morgan fingerprint density at radius 2 is 1.90 bits per heavy atom. The first kappa shape index (κ1) is 18.5. The van der Waals surface area contributed by atoms with Crippen molar-refractivity contribution < 1.29 is 17.9 Å². The Hall–Kier alpha value is -0.590. The van der Waals surface area contributed by atoms with Crippen LogP contribution in [-0.4, -0.2) is 25.9 Å². The molecule has 1 unspecified atom stereocenters. The van der Waals surface area contributed by atoms with Gasteiger partial charge in [-0.2, -0.15) is 13.2 Å². The van der Waals surface area contributed by atoms with E-state index in [9.17, 15) is 13.2 Å². The molecule has 1 N–H and O–H groups in total. The molecule has 0 aromatic heterocycles. The van der Waals surface area contributed by atoms with Gasteiger partial charge in [-0.05, 0) is 37.1 Å². The van der Waals surface area contributed by atoms with Crippen molar-refractivity contribution in [1.29, 1.82) is 0 Å². The van der Waals surface area contributed by atoms with Crippen molar-refractivity contribution >= 4 is 15.9 Å². The van der Waals surface area contributed by atoms with Crippen LogP contribution in [0.1, 0.15) is 37.9 Å². The highest BCUT2D eigenvalue weighted by Crippen LogP contribution is 2.23. The third kappa shape index (κ3) is 8.44. The fraction of sp³-hybridized carbons (Fsp3) is 0.600. The molecule has 0 aliphatic rings. The van der Waals surface area contributed by atoms with Gasteiger partial charge in [0, 0.05) is 24.0 Å². The fourth-order valence-electron chi connectivity index (χ4n) is 1.86. The molecule has 0 fully saturated rings. The van der Waals surface area contributed by atoms with Crippen LogP contribution in [0.3, 0.4) is 0 Å². The van der Waals surface area contributed by atoms with Gasteiger partial charge in [-0.1, -0.05) is 35.0 Å². The van der Waals surface area contributed by atoms with Crippen LogP contribution in [0.5, 0.6) is 0 Å². The minimum Gasteiger partial charge on any atom is -0.372 e. The number of ether oxygens (including phenoxy) is 1. The van der Waals surface area contributed by atoms with Crippen LogP contribution in [0.15, 0.2) is 28.7 Å². The smallest absolute Gasteiger partial charge is 0.372 e. The van der Waals surface area contributed by atoms with E-state index in [1.54, 1.807) is 0 Å². The number of benzene rings is 1. The van der Waals surface area contributed by atoms with Gasteiger partial charge in [0.25, 0.3) is 0 Å². The lowest BCUT2D eigenvalue weighted by Crippen LogP contribution is -2.24. The molecular weight excluding hydrogens is 347 g/mol. The van der Waals surface area contributed by atoms with Crippen LogP contribution in [0, 0.1) is 0 Å². The molecule has 120 valence electrons. The van der Waals surface area contributed by atoms with Crippen LogP contribution < -0.4 is 5.32 Å². The number of hydrogen-bond acceptors (Lipinski definition) is 2. The first-order valence-corrected chi connectivity index (χ1v) is 7.86.